The second-order valence-electron chi connectivity index (χ2n) is 9.17. The Morgan fingerprint density at radius 2 is 1.67 bits per heavy atom. The molecule has 2 aromatic rings. The van der Waals surface area contributed by atoms with Crippen molar-refractivity contribution < 1.29 is 9.59 Å². The average molecular weight is 450 g/mol. The summed E-state index contributed by atoms with van der Waals surface area (Å²) < 4.78 is 0. The number of nitrogens with zero attached hydrogens (tertiary/aromatic N) is 1. The molecule has 1 fully saturated rings. The van der Waals surface area contributed by atoms with Gasteiger partial charge in [0.05, 0.1) is 5.56 Å². The van der Waals surface area contributed by atoms with Crippen molar-refractivity contribution in [2.75, 3.05) is 23.3 Å². The van der Waals surface area contributed by atoms with Crippen LogP contribution in [0.2, 0.25) is 0 Å². The number of rotatable bonds is 10. The summed E-state index contributed by atoms with van der Waals surface area (Å²) in [6, 6.07) is 13.6. The van der Waals surface area contributed by atoms with Crippen LogP contribution < -0.4 is 15.5 Å². The first-order valence-electron chi connectivity index (χ1n) is 12.6. The van der Waals surface area contributed by atoms with Crippen LogP contribution in [0.1, 0.15) is 92.0 Å². The number of piperidine rings is 1. The maximum atomic E-state index is 13.1. The summed E-state index contributed by atoms with van der Waals surface area (Å²) in [5.41, 5.74) is 4.10. The molecule has 0 aromatic heterocycles. The quantitative estimate of drug-likeness (QED) is 0.425. The third-order valence-electron chi connectivity index (χ3n) is 6.47. The molecule has 1 aliphatic heterocycles. The highest BCUT2D eigenvalue weighted by molar-refractivity contribution is 6.06. The van der Waals surface area contributed by atoms with E-state index in [1.165, 1.54) is 31.2 Å². The maximum Gasteiger partial charge on any atom is 0.255 e. The number of benzene rings is 2. The molecule has 2 N–H and O–H groups in total. The van der Waals surface area contributed by atoms with Gasteiger partial charge in [0.1, 0.15) is 0 Å². The van der Waals surface area contributed by atoms with E-state index in [9.17, 15) is 9.59 Å². The van der Waals surface area contributed by atoms with Crippen LogP contribution in [0.25, 0.3) is 0 Å². The Hall–Kier alpha value is -2.82. The fraction of sp³-hybridized carbons (Fsp3) is 0.500. The highest BCUT2D eigenvalue weighted by atomic mass is 16.2. The molecular formula is C28H39N3O2. The summed E-state index contributed by atoms with van der Waals surface area (Å²) in [7, 11) is 0. The Kier molecular flexibility index (Phi) is 9.35. The van der Waals surface area contributed by atoms with Gasteiger partial charge in [0.25, 0.3) is 11.8 Å². The summed E-state index contributed by atoms with van der Waals surface area (Å²) in [4.78, 5) is 28.2. The molecular weight excluding hydrogens is 410 g/mol. The van der Waals surface area contributed by atoms with Crippen molar-refractivity contribution >= 4 is 23.2 Å². The molecule has 2 aromatic carbocycles. The van der Waals surface area contributed by atoms with E-state index in [2.05, 4.69) is 29.4 Å². The Balaban J connectivity index is 1.76. The summed E-state index contributed by atoms with van der Waals surface area (Å²) in [5.74, 6) is -0.244. The molecule has 1 unspecified atom stereocenters. The number of amides is 2. The number of unbranched alkanes of at least 4 members (excludes halogenated alkanes) is 2. The van der Waals surface area contributed by atoms with Crippen LogP contribution in [0.5, 0.6) is 0 Å². The van der Waals surface area contributed by atoms with Gasteiger partial charge in [-0.2, -0.15) is 0 Å². The predicted molar refractivity (Wildman–Crippen MR) is 137 cm³/mol. The molecule has 33 heavy (non-hydrogen) atoms. The number of carbonyl (C=O) groups is 2. The summed E-state index contributed by atoms with van der Waals surface area (Å²) in [5, 5.41) is 6.07. The third-order valence-corrected chi connectivity index (χ3v) is 6.47. The van der Waals surface area contributed by atoms with Gasteiger partial charge >= 0.3 is 0 Å². The van der Waals surface area contributed by atoms with Crippen molar-refractivity contribution in [1.29, 1.82) is 0 Å². The minimum Gasteiger partial charge on any atom is -0.371 e. The Bertz CT molecular complexity index is 917. The van der Waals surface area contributed by atoms with Gasteiger partial charge in [-0.15, -0.1) is 0 Å². The van der Waals surface area contributed by atoms with Crippen molar-refractivity contribution in [1.82, 2.24) is 5.32 Å². The molecule has 0 bridgehead atoms. The first-order valence-corrected chi connectivity index (χ1v) is 12.6. The summed E-state index contributed by atoms with van der Waals surface area (Å²) >= 11 is 0. The number of anilines is 2. The lowest BCUT2D eigenvalue weighted by atomic mass is 10.0. The fourth-order valence-corrected chi connectivity index (χ4v) is 4.22. The van der Waals surface area contributed by atoms with Crippen LogP contribution in [-0.4, -0.2) is 30.9 Å². The van der Waals surface area contributed by atoms with E-state index >= 15 is 0 Å². The van der Waals surface area contributed by atoms with E-state index in [1.54, 1.807) is 0 Å². The Morgan fingerprint density at radius 3 is 2.33 bits per heavy atom. The van der Waals surface area contributed by atoms with Gasteiger partial charge in [0.2, 0.25) is 0 Å². The molecule has 1 aliphatic rings. The topological polar surface area (TPSA) is 61.4 Å². The molecule has 1 heterocycles. The van der Waals surface area contributed by atoms with Gasteiger partial charge in [-0.3, -0.25) is 9.59 Å². The molecule has 1 atom stereocenters. The van der Waals surface area contributed by atoms with Gasteiger partial charge in [0.15, 0.2) is 0 Å². The zero-order valence-electron chi connectivity index (χ0n) is 20.5. The Morgan fingerprint density at radius 1 is 0.939 bits per heavy atom. The van der Waals surface area contributed by atoms with Crippen molar-refractivity contribution in [3.8, 4) is 0 Å². The van der Waals surface area contributed by atoms with Crippen molar-refractivity contribution in [3.63, 3.8) is 0 Å². The van der Waals surface area contributed by atoms with Crippen LogP contribution in [0.15, 0.2) is 42.5 Å². The van der Waals surface area contributed by atoms with Gasteiger partial charge in [-0.1, -0.05) is 38.8 Å². The van der Waals surface area contributed by atoms with E-state index in [1.807, 2.05) is 49.4 Å². The smallest absolute Gasteiger partial charge is 0.255 e. The lowest BCUT2D eigenvalue weighted by Gasteiger charge is -2.31. The molecule has 0 radical (unpaired) electrons. The second-order valence-corrected chi connectivity index (χ2v) is 9.17. The minimum absolute atomic E-state index is 0.0857. The molecule has 5 nitrogen and oxygen atoms in total. The van der Waals surface area contributed by atoms with Crippen LogP contribution in [-0.2, 0) is 6.42 Å². The Labute approximate surface area is 199 Å². The monoisotopic (exact) mass is 449 g/mol. The minimum atomic E-state index is -0.158. The third kappa shape index (κ3) is 7.08. The van der Waals surface area contributed by atoms with Crippen LogP contribution in [0.3, 0.4) is 0 Å². The summed E-state index contributed by atoms with van der Waals surface area (Å²) in [6.07, 6.45) is 9.02. The van der Waals surface area contributed by atoms with Gasteiger partial charge in [0, 0.05) is 36.1 Å². The zero-order valence-corrected chi connectivity index (χ0v) is 20.5. The van der Waals surface area contributed by atoms with E-state index in [0.29, 0.717) is 16.8 Å². The number of hydrogen-bond donors (Lipinski definition) is 2. The molecule has 0 saturated carbocycles. The summed E-state index contributed by atoms with van der Waals surface area (Å²) in [6.45, 7) is 8.18. The molecule has 1 saturated heterocycles. The first-order chi connectivity index (χ1) is 16.0. The zero-order chi connectivity index (χ0) is 23.6. The first kappa shape index (κ1) is 24.8. The number of hydrogen-bond acceptors (Lipinski definition) is 3. The van der Waals surface area contributed by atoms with E-state index in [4.69, 9.17) is 0 Å². The van der Waals surface area contributed by atoms with E-state index in [0.717, 1.165) is 44.5 Å². The highest BCUT2D eigenvalue weighted by Gasteiger charge is 2.20. The fourth-order valence-electron chi connectivity index (χ4n) is 4.22. The molecule has 5 heteroatoms. The molecule has 0 spiro atoms. The van der Waals surface area contributed by atoms with E-state index in [-0.39, 0.29) is 17.9 Å². The SMILES string of the molecule is CCCCCc1ccc(C(=O)Nc2ccc(N3CCCCC3)c(C(=O)NC(C)CC)c2)cc1. The maximum absolute atomic E-state index is 13.1. The molecule has 178 valence electrons. The van der Waals surface area contributed by atoms with Crippen molar-refractivity contribution in [3.05, 3.63) is 59.2 Å². The highest BCUT2D eigenvalue weighted by Crippen LogP contribution is 2.28. The molecule has 3 rings (SSSR count). The van der Waals surface area contributed by atoms with Gasteiger partial charge in [-0.05, 0) is 81.3 Å². The number of carbonyl (C=O) groups excluding carboxylic acids is 2. The number of nitrogens with one attached hydrogen (secondary N) is 2. The van der Waals surface area contributed by atoms with Gasteiger partial charge < -0.3 is 15.5 Å². The standard InChI is InChI=1S/C28H39N3O2/c1-4-6-8-11-22-12-14-23(15-13-22)27(32)30-24-16-17-26(31-18-9-7-10-19-31)25(20-24)28(33)29-21(3)5-2/h12-17,20-21H,4-11,18-19H2,1-3H3,(H,29,33)(H,30,32). The normalized spacial score (nSPS) is 14.6. The van der Waals surface area contributed by atoms with Crippen molar-refractivity contribution in [2.45, 2.75) is 78.2 Å². The van der Waals surface area contributed by atoms with Crippen LogP contribution >= 0.6 is 0 Å². The lowest BCUT2D eigenvalue weighted by Crippen LogP contribution is -2.35. The lowest BCUT2D eigenvalue weighted by molar-refractivity contribution is 0.0938. The largest absolute Gasteiger partial charge is 0.371 e. The number of aryl methyl sites for hydroxylation is 1. The molecule has 0 aliphatic carbocycles. The van der Waals surface area contributed by atoms with Gasteiger partial charge in [-0.25, -0.2) is 0 Å². The average Bonchev–Trinajstić information content (AvgIpc) is 2.85. The second kappa shape index (κ2) is 12.4. The molecule has 2 amide bonds. The van der Waals surface area contributed by atoms with Crippen molar-refractivity contribution in [2.24, 2.45) is 0 Å². The predicted octanol–water partition coefficient (Wildman–Crippen LogP) is 6.19. The van der Waals surface area contributed by atoms with E-state index < -0.39 is 0 Å². The van der Waals surface area contributed by atoms with Crippen LogP contribution in [0.4, 0.5) is 11.4 Å². The van der Waals surface area contributed by atoms with Crippen LogP contribution in [0, 0.1) is 0 Å².